The van der Waals surface area contributed by atoms with Gasteiger partial charge in [0.15, 0.2) is 6.10 Å². The molecule has 0 aliphatic heterocycles. The number of aliphatic hydroxyl groups excluding tert-OH is 3. The number of unbranched alkanes of at least 4 members (excludes halogenated alkanes) is 15. The molecule has 0 aromatic heterocycles. The number of ether oxygens (including phenoxy) is 2. The van der Waals surface area contributed by atoms with E-state index in [2.05, 4.69) is 20.8 Å². The van der Waals surface area contributed by atoms with Gasteiger partial charge in [-0.3, -0.25) is 14.4 Å². The topological polar surface area (TPSA) is 130 Å². The minimum Gasteiger partial charge on any atom is -0.462 e. The summed E-state index contributed by atoms with van der Waals surface area (Å²) in [5.74, 6) is -0.366. The molecule has 0 unspecified atom stereocenters. The number of allylic oxidation sites excluding steroid dienone is 1. The molecule has 1 fully saturated rings. The van der Waals surface area contributed by atoms with Crippen molar-refractivity contribution in [2.24, 2.45) is 17.8 Å². The third kappa shape index (κ3) is 22.8. The molecule has 48 heavy (non-hydrogen) atoms. The maximum absolute atomic E-state index is 12.4. The lowest BCUT2D eigenvalue weighted by atomic mass is 9.88. The average Bonchev–Trinajstić information content (AvgIpc) is 3.32. The van der Waals surface area contributed by atoms with Crippen LogP contribution in [0.3, 0.4) is 0 Å². The Morgan fingerprint density at radius 3 is 1.92 bits per heavy atom. The standard InChI is InChI=1S/C40H72O8/c1-4-5-17-23-33(42)27-28-36-35(37(43)29-38(36)44)24-19-15-16-20-25-39(45)47-31-34(30-41)48-40(46)26-21-14-12-10-8-6-7-9-11-13-18-22-32(2)3/h27-28,32-37,41-43H,4-26,29-31H2,1-3H3/b28-27+/t33-,34-,35+,36+,37-/m0/s1. The number of carbonyl (C=O) groups is 3. The van der Waals surface area contributed by atoms with Gasteiger partial charge in [0.05, 0.1) is 18.8 Å². The number of carbonyl (C=O) groups excluding carboxylic acids is 3. The second-order valence-corrected chi connectivity index (χ2v) is 14.6. The molecule has 1 rings (SSSR count). The van der Waals surface area contributed by atoms with Crippen LogP contribution >= 0.6 is 0 Å². The Balaban J connectivity index is 2.09. The van der Waals surface area contributed by atoms with Crippen LogP contribution in [0, 0.1) is 17.8 Å². The number of ketones is 1. The summed E-state index contributed by atoms with van der Waals surface area (Å²) in [6, 6.07) is 0. The van der Waals surface area contributed by atoms with Gasteiger partial charge in [0.1, 0.15) is 12.4 Å². The molecule has 1 aliphatic carbocycles. The van der Waals surface area contributed by atoms with E-state index in [1.807, 2.05) is 0 Å². The van der Waals surface area contributed by atoms with Crippen molar-refractivity contribution in [1.82, 2.24) is 0 Å². The van der Waals surface area contributed by atoms with Gasteiger partial charge in [-0.25, -0.2) is 0 Å². The molecule has 8 heteroatoms. The number of Topliss-reactive ketones (excluding diaryl/α,β-unsaturated/α-hetero) is 1. The fourth-order valence-electron chi connectivity index (χ4n) is 6.58. The van der Waals surface area contributed by atoms with Crippen LogP contribution in [0.2, 0.25) is 0 Å². The first-order valence-electron chi connectivity index (χ1n) is 19.7. The van der Waals surface area contributed by atoms with E-state index in [9.17, 15) is 29.7 Å². The minimum atomic E-state index is -0.841. The molecule has 0 aromatic rings. The van der Waals surface area contributed by atoms with Gasteiger partial charge in [-0.05, 0) is 37.5 Å². The summed E-state index contributed by atoms with van der Waals surface area (Å²) in [7, 11) is 0. The van der Waals surface area contributed by atoms with Gasteiger partial charge in [0, 0.05) is 25.2 Å². The number of aliphatic hydroxyl groups is 3. The Bertz CT molecular complexity index is 856. The zero-order chi connectivity index (χ0) is 35.4. The van der Waals surface area contributed by atoms with Crippen LogP contribution in [0.5, 0.6) is 0 Å². The molecule has 0 saturated heterocycles. The molecule has 0 radical (unpaired) electrons. The van der Waals surface area contributed by atoms with Crippen LogP contribution < -0.4 is 0 Å². The molecule has 0 aromatic carbocycles. The SMILES string of the molecule is CCCCC[C@H](O)/C=C/[C@H]1C(=O)C[C@H](O)[C@@H]1CCCCCCC(=O)OC[C@H](CO)OC(=O)CCCCCCCCCCCCCC(C)C. The zero-order valence-electron chi connectivity index (χ0n) is 30.9. The number of hydrogen-bond acceptors (Lipinski definition) is 8. The maximum Gasteiger partial charge on any atom is 0.306 e. The molecule has 0 amide bonds. The third-order valence-corrected chi connectivity index (χ3v) is 9.64. The second kappa shape index (κ2) is 29.0. The van der Waals surface area contributed by atoms with Crippen LogP contribution in [-0.4, -0.2) is 64.6 Å². The summed E-state index contributed by atoms with van der Waals surface area (Å²) in [6.07, 6.45) is 24.6. The number of rotatable bonds is 31. The largest absolute Gasteiger partial charge is 0.462 e. The molecule has 280 valence electrons. The van der Waals surface area contributed by atoms with Crippen LogP contribution in [0.1, 0.15) is 175 Å². The average molecular weight is 681 g/mol. The summed E-state index contributed by atoms with van der Waals surface area (Å²) in [4.78, 5) is 36.8. The van der Waals surface area contributed by atoms with E-state index in [1.54, 1.807) is 12.2 Å². The summed E-state index contributed by atoms with van der Waals surface area (Å²) < 4.78 is 10.6. The highest BCUT2D eigenvalue weighted by Gasteiger charge is 2.39. The molecule has 5 atom stereocenters. The van der Waals surface area contributed by atoms with E-state index in [-0.39, 0.29) is 55.6 Å². The normalized spacial score (nSPS) is 19.3. The van der Waals surface area contributed by atoms with Gasteiger partial charge in [0.2, 0.25) is 0 Å². The van der Waals surface area contributed by atoms with Gasteiger partial charge in [-0.2, -0.15) is 0 Å². The van der Waals surface area contributed by atoms with E-state index in [1.165, 1.54) is 57.8 Å². The fraction of sp³-hybridized carbons (Fsp3) is 0.875. The van der Waals surface area contributed by atoms with Crippen molar-refractivity contribution < 1.29 is 39.2 Å². The van der Waals surface area contributed by atoms with Crippen molar-refractivity contribution in [3.63, 3.8) is 0 Å². The predicted octanol–water partition coefficient (Wildman–Crippen LogP) is 8.57. The molecular formula is C40H72O8. The van der Waals surface area contributed by atoms with Gasteiger partial charge in [0.25, 0.3) is 0 Å². The van der Waals surface area contributed by atoms with E-state index in [0.29, 0.717) is 19.3 Å². The third-order valence-electron chi connectivity index (χ3n) is 9.64. The molecule has 0 bridgehead atoms. The van der Waals surface area contributed by atoms with Crippen molar-refractivity contribution in [2.75, 3.05) is 13.2 Å². The first kappa shape index (κ1) is 44.3. The lowest BCUT2D eigenvalue weighted by Crippen LogP contribution is -2.28. The highest BCUT2D eigenvalue weighted by atomic mass is 16.6. The van der Waals surface area contributed by atoms with Gasteiger partial charge in [-0.1, -0.05) is 142 Å². The van der Waals surface area contributed by atoms with E-state index in [0.717, 1.165) is 70.1 Å². The molecule has 0 heterocycles. The molecule has 3 N–H and O–H groups in total. The highest BCUT2D eigenvalue weighted by Crippen LogP contribution is 2.34. The van der Waals surface area contributed by atoms with Crippen molar-refractivity contribution in [3.8, 4) is 0 Å². The van der Waals surface area contributed by atoms with E-state index in [4.69, 9.17) is 9.47 Å². The molecule has 0 spiro atoms. The van der Waals surface area contributed by atoms with E-state index < -0.39 is 18.3 Å². The lowest BCUT2D eigenvalue weighted by Gasteiger charge is -2.19. The summed E-state index contributed by atoms with van der Waals surface area (Å²) in [5.41, 5.74) is 0. The predicted molar refractivity (Wildman–Crippen MR) is 192 cm³/mol. The molecule has 1 saturated carbocycles. The Morgan fingerprint density at radius 1 is 0.792 bits per heavy atom. The van der Waals surface area contributed by atoms with Gasteiger partial charge in [-0.15, -0.1) is 0 Å². The van der Waals surface area contributed by atoms with Crippen LogP contribution in [0.15, 0.2) is 12.2 Å². The van der Waals surface area contributed by atoms with Crippen molar-refractivity contribution in [3.05, 3.63) is 12.2 Å². The Labute approximate surface area is 292 Å². The van der Waals surface area contributed by atoms with Crippen LogP contribution in [0.4, 0.5) is 0 Å². The monoisotopic (exact) mass is 681 g/mol. The first-order chi connectivity index (χ1) is 23.2. The lowest BCUT2D eigenvalue weighted by molar-refractivity contribution is -0.161. The summed E-state index contributed by atoms with van der Waals surface area (Å²) in [5, 5.41) is 30.2. The summed E-state index contributed by atoms with van der Waals surface area (Å²) >= 11 is 0. The molecular weight excluding hydrogens is 608 g/mol. The Hall–Kier alpha value is -1.77. The number of hydrogen-bond donors (Lipinski definition) is 3. The summed E-state index contributed by atoms with van der Waals surface area (Å²) in [6.45, 7) is 6.16. The fourth-order valence-corrected chi connectivity index (χ4v) is 6.58. The smallest absolute Gasteiger partial charge is 0.306 e. The quantitative estimate of drug-likeness (QED) is 0.0377. The molecule has 8 nitrogen and oxygen atoms in total. The highest BCUT2D eigenvalue weighted by molar-refractivity contribution is 5.86. The number of esters is 2. The maximum atomic E-state index is 12.4. The van der Waals surface area contributed by atoms with Crippen molar-refractivity contribution in [2.45, 2.75) is 193 Å². The van der Waals surface area contributed by atoms with E-state index >= 15 is 0 Å². The minimum absolute atomic E-state index is 0.0357. The van der Waals surface area contributed by atoms with Crippen LogP contribution in [0.25, 0.3) is 0 Å². The zero-order valence-corrected chi connectivity index (χ0v) is 30.9. The van der Waals surface area contributed by atoms with Crippen LogP contribution in [-0.2, 0) is 23.9 Å². The Morgan fingerprint density at radius 2 is 1.33 bits per heavy atom. The second-order valence-electron chi connectivity index (χ2n) is 14.6. The van der Waals surface area contributed by atoms with Crippen molar-refractivity contribution in [1.29, 1.82) is 0 Å². The Kier molecular flexibility index (Phi) is 26.7. The van der Waals surface area contributed by atoms with Gasteiger partial charge < -0.3 is 24.8 Å². The van der Waals surface area contributed by atoms with Crippen molar-refractivity contribution >= 4 is 17.7 Å². The first-order valence-corrected chi connectivity index (χ1v) is 19.7. The van der Waals surface area contributed by atoms with Gasteiger partial charge >= 0.3 is 11.9 Å². The molecule has 1 aliphatic rings.